The Bertz CT molecular complexity index is 698. The average molecular weight is 453 g/mol. The fraction of sp³-hybridized carbons (Fsp3) is 0.962. The summed E-state index contributed by atoms with van der Waals surface area (Å²) >= 11 is 0. The molecular weight excluding hydrogens is 408 g/mol. The molecule has 0 aliphatic heterocycles. The van der Waals surface area contributed by atoms with Gasteiger partial charge in [-0.25, -0.2) is 4.79 Å². The minimum Gasteiger partial charge on any atom is -0.393 e. The summed E-state index contributed by atoms with van der Waals surface area (Å²) in [5.41, 5.74) is -0.112. The molecule has 6 heteroatoms. The highest BCUT2D eigenvalue weighted by Crippen LogP contribution is 2.69. The van der Waals surface area contributed by atoms with E-state index in [1.54, 1.807) is 0 Å². The van der Waals surface area contributed by atoms with Crippen LogP contribution in [-0.4, -0.2) is 44.9 Å². The molecule has 4 rings (SSSR count). The number of fused-ring (bicyclic) bond motifs is 5. The molecule has 4 aliphatic rings. The third-order valence-electron chi connectivity index (χ3n) is 11.0. The maximum Gasteiger partial charge on any atom is 0.342 e. The van der Waals surface area contributed by atoms with Crippen LogP contribution in [0.4, 0.5) is 0 Å². The van der Waals surface area contributed by atoms with Gasteiger partial charge in [0.15, 0.2) is 0 Å². The van der Waals surface area contributed by atoms with Crippen LogP contribution in [0.5, 0.6) is 0 Å². The second-order valence-corrected chi connectivity index (χ2v) is 12.3. The summed E-state index contributed by atoms with van der Waals surface area (Å²) in [5.74, 6) is 1.02. The predicted molar refractivity (Wildman–Crippen MR) is 120 cm³/mol. The summed E-state index contributed by atoms with van der Waals surface area (Å²) in [7, 11) is 0. The smallest absolute Gasteiger partial charge is 0.342 e. The molecule has 0 heterocycles. The van der Waals surface area contributed by atoms with Crippen LogP contribution in [0.1, 0.15) is 85.5 Å². The van der Waals surface area contributed by atoms with Gasteiger partial charge in [-0.2, -0.15) is 5.26 Å². The molecule has 6 nitrogen and oxygen atoms in total. The molecule has 0 bridgehead atoms. The second-order valence-electron chi connectivity index (χ2n) is 12.3. The first-order chi connectivity index (χ1) is 15.1. The molecule has 0 radical (unpaired) electrons. The molecule has 184 valence electrons. The fourth-order valence-electron chi connectivity index (χ4n) is 9.64. The quantitative estimate of drug-likeness (QED) is 0.371. The minimum atomic E-state index is -0.591. The van der Waals surface area contributed by atoms with Crippen LogP contribution in [-0.2, 0) is 9.68 Å². The van der Waals surface area contributed by atoms with E-state index in [-0.39, 0.29) is 52.9 Å². The molecular formula is C26H44O6. The van der Waals surface area contributed by atoms with E-state index in [4.69, 9.17) is 5.26 Å². The molecule has 4 N–H and O–H groups in total. The zero-order valence-corrected chi connectivity index (χ0v) is 20.2. The largest absolute Gasteiger partial charge is 0.393 e. The van der Waals surface area contributed by atoms with E-state index in [1.807, 2.05) is 0 Å². The SMILES string of the molecule is CC[C@H]1[C@@H](O)C2C3CC[C@H]([C@H](C)CCC(=O)OO)[C@@]3(C)C[C@H](O)C2[C@@]2(C)CC[C@@H](O)C[C@@H]12. The van der Waals surface area contributed by atoms with Crippen molar-refractivity contribution in [2.24, 2.45) is 52.3 Å². The van der Waals surface area contributed by atoms with Crippen LogP contribution >= 0.6 is 0 Å². The van der Waals surface area contributed by atoms with Gasteiger partial charge in [0, 0.05) is 6.42 Å². The topological polar surface area (TPSA) is 107 Å². The number of hydrogen-bond donors (Lipinski definition) is 4. The molecule has 0 spiro atoms. The van der Waals surface area contributed by atoms with Gasteiger partial charge in [0.2, 0.25) is 0 Å². The Labute approximate surface area is 192 Å². The number of carbonyl (C=O) groups excluding carboxylic acids is 1. The molecule has 0 aromatic carbocycles. The van der Waals surface area contributed by atoms with Crippen molar-refractivity contribution < 1.29 is 30.3 Å². The molecule has 0 amide bonds. The van der Waals surface area contributed by atoms with Gasteiger partial charge in [-0.1, -0.05) is 34.1 Å². The lowest BCUT2D eigenvalue weighted by Crippen LogP contribution is -2.65. The summed E-state index contributed by atoms with van der Waals surface area (Å²) in [4.78, 5) is 15.3. The molecule has 4 aliphatic carbocycles. The first-order valence-corrected chi connectivity index (χ1v) is 13.0. The minimum absolute atomic E-state index is 0.0425. The van der Waals surface area contributed by atoms with Crippen LogP contribution in [0.3, 0.4) is 0 Å². The van der Waals surface area contributed by atoms with E-state index in [0.29, 0.717) is 18.3 Å². The lowest BCUT2D eigenvalue weighted by atomic mass is 9.40. The lowest BCUT2D eigenvalue weighted by molar-refractivity contribution is -0.237. The molecule has 32 heavy (non-hydrogen) atoms. The normalized spacial score (nSPS) is 51.3. The molecule has 4 fully saturated rings. The van der Waals surface area contributed by atoms with E-state index >= 15 is 0 Å². The van der Waals surface area contributed by atoms with Crippen molar-refractivity contribution in [2.45, 2.75) is 104 Å². The first-order valence-electron chi connectivity index (χ1n) is 13.0. The van der Waals surface area contributed by atoms with E-state index in [0.717, 1.165) is 44.9 Å². The number of rotatable bonds is 5. The van der Waals surface area contributed by atoms with E-state index < -0.39 is 18.2 Å². The van der Waals surface area contributed by atoms with E-state index in [9.17, 15) is 20.1 Å². The van der Waals surface area contributed by atoms with Gasteiger partial charge in [-0.3, -0.25) is 0 Å². The van der Waals surface area contributed by atoms with E-state index in [1.165, 1.54) is 0 Å². The number of aliphatic hydroxyl groups is 3. The summed E-state index contributed by atoms with van der Waals surface area (Å²) in [5, 5.41) is 42.4. The van der Waals surface area contributed by atoms with Crippen LogP contribution in [0.2, 0.25) is 0 Å². The number of hydrogen-bond acceptors (Lipinski definition) is 6. The van der Waals surface area contributed by atoms with Crippen LogP contribution in [0.15, 0.2) is 0 Å². The highest BCUT2D eigenvalue weighted by molar-refractivity contribution is 5.68. The summed E-state index contributed by atoms with van der Waals surface area (Å²) in [6.45, 7) is 8.97. The van der Waals surface area contributed by atoms with Crippen molar-refractivity contribution in [1.29, 1.82) is 0 Å². The lowest BCUT2D eigenvalue weighted by Gasteiger charge is -2.66. The number of carbonyl (C=O) groups is 1. The molecule has 3 unspecified atom stereocenters. The van der Waals surface area contributed by atoms with Crippen molar-refractivity contribution in [1.82, 2.24) is 0 Å². The van der Waals surface area contributed by atoms with Crippen molar-refractivity contribution in [2.75, 3.05) is 0 Å². The van der Waals surface area contributed by atoms with Crippen molar-refractivity contribution in [3.05, 3.63) is 0 Å². The van der Waals surface area contributed by atoms with Gasteiger partial charge in [-0.15, -0.1) is 0 Å². The summed E-state index contributed by atoms with van der Waals surface area (Å²) in [6, 6.07) is 0. The van der Waals surface area contributed by atoms with E-state index in [2.05, 4.69) is 32.6 Å². The van der Waals surface area contributed by atoms with Crippen molar-refractivity contribution >= 4 is 5.97 Å². The van der Waals surface area contributed by atoms with Crippen molar-refractivity contribution in [3.8, 4) is 0 Å². The first kappa shape index (κ1) is 24.4. The highest BCUT2D eigenvalue weighted by Gasteiger charge is 2.67. The standard InChI is InChI=1S/C26H44O6/c1-5-16-19-12-15(27)10-11-25(19,3)23-20(28)13-26(4)17(14(2)6-9-21(29)32-31)7-8-18(26)22(23)24(16)30/h14-20,22-24,27-28,30-31H,5-13H2,1-4H3/t14-,15-,16-,17-,18?,19+,20+,22?,23?,24-,25+,26-/m1/s1. The third-order valence-corrected chi connectivity index (χ3v) is 11.0. The van der Waals surface area contributed by atoms with Gasteiger partial charge in [0.1, 0.15) is 0 Å². The molecule has 0 saturated heterocycles. The summed E-state index contributed by atoms with van der Waals surface area (Å²) < 4.78 is 0. The third kappa shape index (κ3) is 3.64. The van der Waals surface area contributed by atoms with Crippen molar-refractivity contribution in [3.63, 3.8) is 0 Å². The fourth-order valence-corrected chi connectivity index (χ4v) is 9.64. The Morgan fingerprint density at radius 3 is 2.47 bits per heavy atom. The second kappa shape index (κ2) is 8.83. The highest BCUT2D eigenvalue weighted by atomic mass is 17.1. The van der Waals surface area contributed by atoms with Crippen LogP contribution < -0.4 is 0 Å². The Hall–Kier alpha value is -0.690. The Morgan fingerprint density at radius 1 is 1.09 bits per heavy atom. The van der Waals surface area contributed by atoms with Gasteiger partial charge >= 0.3 is 5.97 Å². The van der Waals surface area contributed by atoms with Gasteiger partial charge in [0.05, 0.1) is 18.3 Å². The maximum absolute atomic E-state index is 11.7. The summed E-state index contributed by atoms with van der Waals surface area (Å²) in [6.07, 6.45) is 5.88. The average Bonchev–Trinajstić information content (AvgIpc) is 3.09. The number of aliphatic hydroxyl groups excluding tert-OH is 3. The Morgan fingerprint density at radius 2 is 1.81 bits per heavy atom. The van der Waals surface area contributed by atoms with Crippen LogP contribution in [0, 0.1) is 52.3 Å². The molecule has 12 atom stereocenters. The Kier molecular flexibility index (Phi) is 6.74. The zero-order chi connectivity index (χ0) is 23.4. The van der Waals surface area contributed by atoms with Crippen LogP contribution in [0.25, 0.3) is 0 Å². The Balaban J connectivity index is 1.63. The zero-order valence-electron chi connectivity index (χ0n) is 20.2. The molecule has 0 aromatic heterocycles. The molecule has 4 saturated carbocycles. The van der Waals surface area contributed by atoms with Gasteiger partial charge < -0.3 is 20.2 Å². The molecule has 0 aromatic rings. The predicted octanol–water partition coefficient (Wildman–Crippen LogP) is 4.02. The monoisotopic (exact) mass is 452 g/mol. The maximum atomic E-state index is 11.7. The van der Waals surface area contributed by atoms with Gasteiger partial charge in [-0.05, 0) is 97.2 Å². The van der Waals surface area contributed by atoms with Gasteiger partial charge in [0.25, 0.3) is 0 Å².